The number of piperazine rings is 1. The van der Waals surface area contributed by atoms with Gasteiger partial charge in [-0.15, -0.1) is 10.2 Å². The van der Waals surface area contributed by atoms with Crippen LogP contribution in [0.5, 0.6) is 0 Å². The molecule has 0 radical (unpaired) electrons. The fraction of sp³-hybridized carbons (Fsp3) is 0.429. The van der Waals surface area contributed by atoms with Crippen LogP contribution in [0.25, 0.3) is 10.6 Å². The smallest absolute Gasteiger partial charge is 0.203 e. The minimum absolute atomic E-state index is 0.514. The fourth-order valence-corrected chi connectivity index (χ4v) is 3.10. The molecule has 2 aromatic rings. The summed E-state index contributed by atoms with van der Waals surface area (Å²) in [5, 5.41) is 9.32. The van der Waals surface area contributed by atoms with Gasteiger partial charge in [0.05, 0.1) is 0 Å². The van der Waals surface area contributed by atoms with Crippen molar-refractivity contribution in [2.24, 2.45) is 0 Å². The molecule has 1 fully saturated rings. The van der Waals surface area contributed by atoms with Crippen molar-refractivity contribution in [3.63, 3.8) is 0 Å². The Hall–Kier alpha value is -1.66. The summed E-state index contributed by atoms with van der Waals surface area (Å²) in [5.74, 6) is 0. The summed E-state index contributed by atoms with van der Waals surface area (Å²) >= 11 is 1.42. The molecule has 1 saturated heterocycles. The maximum Gasteiger partial charge on any atom is 0.203 e. The van der Waals surface area contributed by atoms with Crippen molar-refractivity contribution in [2.75, 3.05) is 43.4 Å². The van der Waals surface area contributed by atoms with Gasteiger partial charge in [-0.2, -0.15) is 0 Å². The van der Waals surface area contributed by atoms with Crippen molar-refractivity contribution in [2.45, 2.75) is 6.92 Å². The third-order valence-corrected chi connectivity index (χ3v) is 4.54. The third kappa shape index (κ3) is 2.76. The van der Waals surface area contributed by atoms with Crippen molar-refractivity contribution >= 4 is 22.2 Å². The van der Waals surface area contributed by atoms with Gasteiger partial charge in [0.25, 0.3) is 0 Å². The molecule has 106 valence electrons. The van der Waals surface area contributed by atoms with E-state index in [1.807, 2.05) is 0 Å². The normalized spacial score (nSPS) is 16.6. The summed E-state index contributed by atoms with van der Waals surface area (Å²) in [6.07, 6.45) is 0. The van der Waals surface area contributed by atoms with Crippen LogP contribution in [0.1, 0.15) is 6.92 Å². The third-order valence-electron chi connectivity index (χ3n) is 3.74. The van der Waals surface area contributed by atoms with Crippen LogP contribution in [-0.4, -0.2) is 47.8 Å². The molecule has 0 amide bonds. The Morgan fingerprint density at radius 3 is 2.35 bits per heavy atom. The van der Waals surface area contributed by atoms with Gasteiger partial charge in [0.2, 0.25) is 5.13 Å². The summed E-state index contributed by atoms with van der Waals surface area (Å²) in [6.45, 7) is 7.84. The zero-order chi connectivity index (χ0) is 13.9. The maximum atomic E-state index is 5.62. The minimum atomic E-state index is 0.514. The van der Waals surface area contributed by atoms with Crippen molar-refractivity contribution in [1.29, 1.82) is 0 Å². The number of hydrogen-bond acceptors (Lipinski definition) is 6. The summed E-state index contributed by atoms with van der Waals surface area (Å²) in [7, 11) is 0. The molecule has 3 rings (SSSR count). The second-order valence-corrected chi connectivity index (χ2v) is 5.92. The van der Waals surface area contributed by atoms with Crippen molar-refractivity contribution < 1.29 is 0 Å². The lowest BCUT2D eigenvalue weighted by molar-refractivity contribution is 0.271. The van der Waals surface area contributed by atoms with Crippen molar-refractivity contribution in [3.05, 3.63) is 24.3 Å². The van der Waals surface area contributed by atoms with Gasteiger partial charge in [0.1, 0.15) is 5.01 Å². The van der Waals surface area contributed by atoms with E-state index in [4.69, 9.17) is 5.73 Å². The molecule has 0 spiro atoms. The number of hydrogen-bond donors (Lipinski definition) is 1. The number of nitrogens with two attached hydrogens (primary N) is 1. The van der Waals surface area contributed by atoms with Gasteiger partial charge in [0, 0.05) is 37.4 Å². The van der Waals surface area contributed by atoms with E-state index in [0.29, 0.717) is 5.13 Å². The average molecular weight is 289 g/mol. The number of benzene rings is 1. The van der Waals surface area contributed by atoms with E-state index in [0.717, 1.165) is 43.3 Å². The summed E-state index contributed by atoms with van der Waals surface area (Å²) in [6, 6.07) is 8.52. The first-order valence-corrected chi connectivity index (χ1v) is 7.74. The van der Waals surface area contributed by atoms with E-state index in [-0.39, 0.29) is 0 Å². The topological polar surface area (TPSA) is 58.3 Å². The van der Waals surface area contributed by atoms with E-state index < -0.39 is 0 Å². The molecule has 0 saturated carbocycles. The Kier molecular flexibility index (Phi) is 3.84. The second kappa shape index (κ2) is 5.76. The Labute approximate surface area is 123 Å². The molecule has 1 aliphatic rings. The molecule has 1 aromatic carbocycles. The molecule has 1 aromatic heterocycles. The number of likely N-dealkylation sites (N-methyl/N-ethyl adjacent to an activating group) is 1. The van der Waals surface area contributed by atoms with Gasteiger partial charge >= 0.3 is 0 Å². The summed E-state index contributed by atoms with van der Waals surface area (Å²) in [5.41, 5.74) is 7.98. The maximum absolute atomic E-state index is 5.62. The zero-order valence-corrected chi connectivity index (χ0v) is 12.4. The first-order valence-electron chi connectivity index (χ1n) is 6.93. The summed E-state index contributed by atoms with van der Waals surface area (Å²) in [4.78, 5) is 4.92. The van der Waals surface area contributed by atoms with Crippen LogP contribution in [0.3, 0.4) is 0 Å². The predicted molar refractivity (Wildman–Crippen MR) is 84.1 cm³/mol. The second-order valence-electron chi connectivity index (χ2n) is 4.91. The number of nitrogens with zero attached hydrogens (tertiary/aromatic N) is 4. The first kappa shape index (κ1) is 13.3. The lowest BCUT2D eigenvalue weighted by Crippen LogP contribution is -2.46. The molecule has 20 heavy (non-hydrogen) atoms. The van der Waals surface area contributed by atoms with Crippen LogP contribution < -0.4 is 10.6 Å². The molecular weight excluding hydrogens is 270 g/mol. The molecule has 0 unspecified atom stereocenters. The predicted octanol–water partition coefficient (Wildman–Crippen LogP) is 1.93. The Morgan fingerprint density at radius 2 is 1.80 bits per heavy atom. The lowest BCUT2D eigenvalue weighted by atomic mass is 10.2. The Bertz CT molecular complexity index is 557. The molecule has 0 atom stereocenters. The van der Waals surface area contributed by atoms with Crippen LogP contribution in [0.4, 0.5) is 10.8 Å². The highest BCUT2D eigenvalue weighted by Crippen LogP contribution is 2.27. The van der Waals surface area contributed by atoms with E-state index in [2.05, 4.69) is 51.2 Å². The van der Waals surface area contributed by atoms with Gasteiger partial charge in [0.15, 0.2) is 0 Å². The van der Waals surface area contributed by atoms with Gasteiger partial charge in [-0.25, -0.2) is 0 Å². The highest BCUT2D eigenvalue weighted by Gasteiger charge is 2.15. The molecule has 0 bridgehead atoms. The number of anilines is 2. The molecular formula is C14H19N5S. The Morgan fingerprint density at radius 1 is 1.10 bits per heavy atom. The van der Waals surface area contributed by atoms with E-state index in [9.17, 15) is 0 Å². The largest absolute Gasteiger partial charge is 0.374 e. The number of rotatable bonds is 3. The Balaban J connectivity index is 1.70. The van der Waals surface area contributed by atoms with Crippen LogP contribution in [0.15, 0.2) is 24.3 Å². The molecule has 1 aliphatic heterocycles. The molecule has 2 heterocycles. The van der Waals surface area contributed by atoms with Crippen molar-refractivity contribution in [1.82, 2.24) is 15.1 Å². The van der Waals surface area contributed by atoms with E-state index in [1.165, 1.54) is 17.0 Å². The SMILES string of the molecule is CCN1CCN(c2ccc(-c3nnc(N)s3)cc2)CC1. The number of nitrogen functional groups attached to an aromatic ring is 1. The molecule has 2 N–H and O–H groups in total. The number of aromatic nitrogens is 2. The quantitative estimate of drug-likeness (QED) is 0.935. The van der Waals surface area contributed by atoms with Gasteiger partial charge in [-0.05, 0) is 30.8 Å². The zero-order valence-electron chi connectivity index (χ0n) is 11.6. The fourth-order valence-electron chi connectivity index (χ4n) is 2.49. The van der Waals surface area contributed by atoms with Gasteiger partial charge < -0.3 is 15.5 Å². The molecule has 5 nitrogen and oxygen atoms in total. The van der Waals surface area contributed by atoms with Crippen LogP contribution in [-0.2, 0) is 0 Å². The first-order chi connectivity index (χ1) is 9.76. The van der Waals surface area contributed by atoms with Crippen LogP contribution in [0.2, 0.25) is 0 Å². The van der Waals surface area contributed by atoms with Gasteiger partial charge in [-0.1, -0.05) is 18.3 Å². The van der Waals surface area contributed by atoms with E-state index in [1.54, 1.807) is 0 Å². The molecule has 0 aliphatic carbocycles. The van der Waals surface area contributed by atoms with Crippen LogP contribution in [0, 0.1) is 0 Å². The highest BCUT2D eigenvalue weighted by atomic mass is 32.1. The standard InChI is InChI=1S/C14H19N5S/c1-2-18-7-9-19(10-8-18)12-5-3-11(4-6-12)13-16-17-14(15)20-13/h3-6H,2,7-10H2,1H3,(H2,15,17). The lowest BCUT2D eigenvalue weighted by Gasteiger charge is -2.35. The average Bonchev–Trinajstić information content (AvgIpc) is 2.94. The highest BCUT2D eigenvalue weighted by molar-refractivity contribution is 7.18. The van der Waals surface area contributed by atoms with E-state index >= 15 is 0 Å². The van der Waals surface area contributed by atoms with Crippen molar-refractivity contribution in [3.8, 4) is 10.6 Å². The van der Waals surface area contributed by atoms with Crippen LogP contribution >= 0.6 is 11.3 Å². The minimum Gasteiger partial charge on any atom is -0.374 e. The molecule has 6 heteroatoms. The monoisotopic (exact) mass is 289 g/mol. The van der Waals surface area contributed by atoms with Gasteiger partial charge in [-0.3, -0.25) is 0 Å². The summed E-state index contributed by atoms with van der Waals surface area (Å²) < 4.78 is 0.